The number of benzene rings is 1. The normalized spacial score (nSPS) is 10.0. The summed E-state index contributed by atoms with van der Waals surface area (Å²) in [5, 5.41) is 0. The van der Waals surface area contributed by atoms with Gasteiger partial charge in [-0.3, -0.25) is 9.59 Å². The third-order valence-corrected chi connectivity index (χ3v) is 3.30. The molecule has 0 saturated heterocycles. The molecule has 0 unspecified atom stereocenters. The van der Waals surface area contributed by atoms with Crippen molar-refractivity contribution >= 4 is 11.8 Å². The van der Waals surface area contributed by atoms with E-state index >= 15 is 0 Å². The molecule has 0 atom stereocenters. The molecule has 1 aromatic carbocycles. The molecule has 2 N–H and O–H groups in total. The minimum Gasteiger partial charge on any atom is -0.264 e. The molecule has 2 heterocycles. The van der Waals surface area contributed by atoms with Gasteiger partial charge in [-0.25, -0.2) is 0 Å². The zero-order valence-corrected chi connectivity index (χ0v) is 12.8. The van der Waals surface area contributed by atoms with E-state index < -0.39 is 0 Å². The number of nitrogens with zero attached hydrogens (tertiary/aromatic N) is 2. The van der Waals surface area contributed by atoms with Crippen molar-refractivity contribution in [3.63, 3.8) is 0 Å². The highest BCUT2D eigenvalue weighted by Crippen LogP contribution is 2.04. The Morgan fingerprint density at radius 2 is 0.917 bits per heavy atom. The lowest BCUT2D eigenvalue weighted by molar-refractivity contribution is -0.641. The van der Waals surface area contributed by atoms with Crippen LogP contribution in [0, 0.1) is 0 Å². The number of hydrogen-bond donors (Lipinski definition) is 2. The van der Waals surface area contributed by atoms with Crippen molar-refractivity contribution in [2.45, 2.75) is 0 Å². The van der Waals surface area contributed by atoms with Crippen molar-refractivity contribution in [3.8, 4) is 0 Å². The second kappa shape index (κ2) is 7.15. The van der Waals surface area contributed by atoms with Crippen LogP contribution in [0.2, 0.25) is 0 Å². The van der Waals surface area contributed by atoms with Gasteiger partial charge in [-0.2, -0.15) is 0 Å². The van der Waals surface area contributed by atoms with Gasteiger partial charge in [0.1, 0.15) is 0 Å². The molecule has 0 saturated carbocycles. The van der Waals surface area contributed by atoms with Gasteiger partial charge in [0.2, 0.25) is 0 Å². The molecule has 0 aliphatic rings. The third-order valence-electron chi connectivity index (χ3n) is 3.30. The minimum atomic E-state index is -0.254. The summed E-state index contributed by atoms with van der Waals surface area (Å²) < 4.78 is 3.13. The van der Waals surface area contributed by atoms with Crippen molar-refractivity contribution in [2.24, 2.45) is 0 Å². The van der Waals surface area contributed by atoms with Gasteiger partial charge in [0.25, 0.3) is 0 Å². The zero-order chi connectivity index (χ0) is 16.8. The van der Waals surface area contributed by atoms with Gasteiger partial charge >= 0.3 is 11.8 Å². The van der Waals surface area contributed by atoms with E-state index in [2.05, 4.69) is 10.9 Å². The topological polar surface area (TPSA) is 66.0 Å². The quantitative estimate of drug-likeness (QED) is 0.705. The molecule has 0 aliphatic heterocycles. The Hall–Kier alpha value is -3.54. The Bertz CT molecular complexity index is 761. The molecule has 3 aromatic rings. The van der Waals surface area contributed by atoms with Crippen LogP contribution in [0.3, 0.4) is 0 Å². The van der Waals surface area contributed by atoms with Gasteiger partial charge in [-0.05, 0) is 24.3 Å². The smallest absolute Gasteiger partial charge is 0.264 e. The number of carbonyl (C=O) groups excluding carboxylic acids is 2. The van der Waals surface area contributed by atoms with E-state index in [-0.39, 0.29) is 11.8 Å². The molecule has 24 heavy (non-hydrogen) atoms. The van der Waals surface area contributed by atoms with E-state index in [9.17, 15) is 9.59 Å². The highest BCUT2D eigenvalue weighted by Gasteiger charge is 2.13. The number of nitrogens with one attached hydrogen (secondary N) is 2. The fourth-order valence-corrected chi connectivity index (χ4v) is 2.08. The van der Waals surface area contributed by atoms with Crippen molar-refractivity contribution in [2.75, 3.05) is 10.9 Å². The van der Waals surface area contributed by atoms with Crippen LogP contribution < -0.4 is 20.2 Å². The molecule has 3 rings (SSSR count). The Morgan fingerprint density at radius 1 is 0.583 bits per heavy atom. The van der Waals surface area contributed by atoms with Gasteiger partial charge in [0.05, 0.1) is 0 Å². The zero-order valence-electron chi connectivity index (χ0n) is 12.8. The number of pyridine rings is 2. The maximum absolute atomic E-state index is 12.1. The maximum atomic E-state index is 12.1. The molecule has 0 bridgehead atoms. The van der Waals surface area contributed by atoms with Crippen LogP contribution in [0.4, 0.5) is 0 Å². The van der Waals surface area contributed by atoms with Gasteiger partial charge < -0.3 is 0 Å². The van der Waals surface area contributed by atoms with Crippen LogP contribution >= 0.6 is 0 Å². The number of hydrogen-bond acceptors (Lipinski definition) is 2. The summed E-state index contributed by atoms with van der Waals surface area (Å²) in [6, 6.07) is 17.4. The van der Waals surface area contributed by atoms with Gasteiger partial charge in [0.15, 0.2) is 24.8 Å². The highest BCUT2D eigenvalue weighted by atomic mass is 16.2. The number of carbonyl (C=O) groups is 2. The van der Waals surface area contributed by atoms with Crippen molar-refractivity contribution < 1.29 is 18.9 Å². The fraction of sp³-hybridized carbons (Fsp3) is 0. The Kier molecular flexibility index (Phi) is 4.57. The van der Waals surface area contributed by atoms with E-state index in [0.29, 0.717) is 11.1 Å². The predicted octanol–water partition coefficient (Wildman–Crippen LogP) is 1.03. The van der Waals surface area contributed by atoms with Crippen LogP contribution in [0.25, 0.3) is 0 Å². The minimum absolute atomic E-state index is 0.254. The molecule has 2 amide bonds. The summed E-state index contributed by atoms with van der Waals surface area (Å²) in [7, 11) is 0. The Labute approximate surface area is 138 Å². The van der Waals surface area contributed by atoms with Gasteiger partial charge in [0, 0.05) is 35.4 Å². The average Bonchev–Trinajstić information content (AvgIpc) is 2.63. The molecule has 0 radical (unpaired) electrons. The van der Waals surface area contributed by atoms with Crippen LogP contribution in [0.5, 0.6) is 0 Å². The molecule has 0 fully saturated rings. The van der Waals surface area contributed by atoms with E-state index in [1.165, 1.54) is 0 Å². The second-order valence-corrected chi connectivity index (χ2v) is 5.02. The monoisotopic (exact) mass is 320 g/mol. The first kappa shape index (κ1) is 15.4. The van der Waals surface area contributed by atoms with E-state index in [4.69, 9.17) is 0 Å². The molecule has 6 nitrogen and oxygen atoms in total. The van der Waals surface area contributed by atoms with Crippen molar-refractivity contribution in [1.82, 2.24) is 0 Å². The molecule has 118 valence electrons. The number of aromatic nitrogens is 2. The largest absolute Gasteiger partial charge is 0.305 e. The average molecular weight is 320 g/mol. The first-order valence-electron chi connectivity index (χ1n) is 7.38. The lowest BCUT2D eigenvalue weighted by Gasteiger charge is -2.02. The Balaban J connectivity index is 1.66. The van der Waals surface area contributed by atoms with Crippen LogP contribution in [-0.4, -0.2) is 11.8 Å². The van der Waals surface area contributed by atoms with Gasteiger partial charge in [-0.1, -0.05) is 21.5 Å². The molecule has 2 aromatic heterocycles. The summed E-state index contributed by atoms with van der Waals surface area (Å²) in [4.78, 5) is 24.3. The van der Waals surface area contributed by atoms with E-state index in [1.807, 2.05) is 36.4 Å². The van der Waals surface area contributed by atoms with Crippen LogP contribution in [0.15, 0.2) is 85.5 Å². The standard InChI is InChI=1S/C18H14N4O2/c23-17(19-21-11-3-1-4-12-21)15-7-9-16(10-8-15)18(24)20-22-13-5-2-6-14-22/h1-14H/p+2. The van der Waals surface area contributed by atoms with Crippen molar-refractivity contribution in [1.29, 1.82) is 0 Å². The molecular weight excluding hydrogens is 304 g/mol. The molecule has 0 spiro atoms. The third kappa shape index (κ3) is 3.80. The maximum Gasteiger partial charge on any atom is 0.305 e. The summed E-state index contributed by atoms with van der Waals surface area (Å²) in [6.07, 6.45) is 6.93. The lowest BCUT2D eigenvalue weighted by atomic mass is 10.1. The van der Waals surface area contributed by atoms with Gasteiger partial charge in [-0.15, -0.1) is 10.9 Å². The summed E-state index contributed by atoms with van der Waals surface area (Å²) in [6.45, 7) is 0. The fourth-order valence-electron chi connectivity index (χ4n) is 2.08. The van der Waals surface area contributed by atoms with Crippen LogP contribution in [0.1, 0.15) is 20.7 Å². The van der Waals surface area contributed by atoms with Crippen molar-refractivity contribution in [3.05, 3.63) is 96.6 Å². The lowest BCUT2D eigenvalue weighted by Crippen LogP contribution is -2.47. The Morgan fingerprint density at radius 3 is 1.25 bits per heavy atom. The SMILES string of the molecule is O=C(N[n+]1ccccc1)c1ccc(C(=O)N[n+]2ccccc2)cc1. The first-order chi connectivity index (χ1) is 11.7. The molecule has 6 heteroatoms. The second-order valence-electron chi connectivity index (χ2n) is 5.02. The van der Waals surface area contributed by atoms with E-state index in [1.54, 1.807) is 58.4 Å². The van der Waals surface area contributed by atoms with Crippen LogP contribution in [-0.2, 0) is 0 Å². The molecular formula is C18H16N4O2+2. The van der Waals surface area contributed by atoms with E-state index in [0.717, 1.165) is 0 Å². The summed E-state index contributed by atoms with van der Waals surface area (Å²) >= 11 is 0. The summed E-state index contributed by atoms with van der Waals surface area (Å²) in [5.74, 6) is -0.508. The molecule has 0 aliphatic carbocycles. The highest BCUT2D eigenvalue weighted by molar-refractivity contribution is 6.02. The predicted molar refractivity (Wildman–Crippen MR) is 87.1 cm³/mol. The first-order valence-corrected chi connectivity index (χ1v) is 7.38. The number of rotatable bonds is 4. The summed E-state index contributed by atoms with van der Waals surface area (Å²) in [5.41, 5.74) is 6.38. The number of amides is 2.